The first-order valence-electron chi connectivity index (χ1n) is 15.8. The number of fused-ring (bicyclic) bond motifs is 1. The number of carboxylic acids is 1. The van der Waals surface area contributed by atoms with Crippen LogP contribution in [0.15, 0.2) is 90.1 Å². The number of amides is 1. The van der Waals surface area contributed by atoms with E-state index >= 15 is 4.79 Å². The van der Waals surface area contributed by atoms with E-state index < -0.39 is 56.1 Å². The summed E-state index contributed by atoms with van der Waals surface area (Å²) in [5, 5.41) is 17.0. The van der Waals surface area contributed by atoms with Crippen LogP contribution >= 0.6 is 0 Å². The molecule has 3 aromatic carbocycles. The first-order chi connectivity index (χ1) is 25.4. The van der Waals surface area contributed by atoms with Crippen LogP contribution in [-0.4, -0.2) is 74.2 Å². The third kappa shape index (κ3) is 7.26. The number of aromatic nitrogens is 1. The summed E-state index contributed by atoms with van der Waals surface area (Å²) in [5.74, 6) is -4.88. The number of halogens is 7. The van der Waals surface area contributed by atoms with Crippen molar-refractivity contribution >= 4 is 33.3 Å². The number of nitrogens with zero attached hydrogens (tertiary/aromatic N) is 5. The minimum Gasteiger partial charge on any atom is -0.493 e. The van der Waals surface area contributed by atoms with Gasteiger partial charge in [-0.05, 0) is 61.5 Å². The Bertz CT molecular complexity index is 2210. The summed E-state index contributed by atoms with van der Waals surface area (Å²) < 4.78 is 123. The van der Waals surface area contributed by atoms with Gasteiger partial charge in [-0.1, -0.05) is 18.2 Å². The third-order valence-corrected chi connectivity index (χ3v) is 10.3. The molecule has 0 spiro atoms. The van der Waals surface area contributed by atoms with E-state index in [9.17, 15) is 44.4 Å². The number of nitriles is 1. The molecule has 19 heteroatoms. The molecule has 1 atom stereocenters. The summed E-state index contributed by atoms with van der Waals surface area (Å²) in [6.45, 7) is 3.14. The number of anilines is 2. The number of benzene rings is 3. The average Bonchev–Trinajstić information content (AvgIpc) is 3.40. The SMILES string of the molecule is CCOc1ccccc1C1(N2CCN(c3ccncc3)CC2)C(=O)N(S(=O)(=O)c2ccc(F)cc2C(F)(F)F)c2ccc(C#N)cc21.O=C(O)C(F)(F)F. The lowest BCUT2D eigenvalue weighted by atomic mass is 9.80. The molecule has 0 bridgehead atoms. The molecule has 1 unspecified atom stereocenters. The second kappa shape index (κ2) is 14.9. The Morgan fingerprint density at radius 2 is 1.57 bits per heavy atom. The van der Waals surface area contributed by atoms with Crippen molar-refractivity contribution in [3.63, 3.8) is 0 Å². The monoisotopic (exact) mass is 779 g/mol. The van der Waals surface area contributed by atoms with E-state index in [0.717, 1.165) is 5.69 Å². The van der Waals surface area contributed by atoms with Crippen LogP contribution in [0.1, 0.15) is 29.2 Å². The molecule has 0 saturated carbocycles. The number of alkyl halides is 6. The van der Waals surface area contributed by atoms with Gasteiger partial charge in [-0.2, -0.15) is 31.6 Å². The van der Waals surface area contributed by atoms with Gasteiger partial charge in [0.1, 0.15) is 16.5 Å². The van der Waals surface area contributed by atoms with Gasteiger partial charge >= 0.3 is 18.3 Å². The van der Waals surface area contributed by atoms with E-state index in [1.807, 2.05) is 18.2 Å². The van der Waals surface area contributed by atoms with E-state index in [0.29, 0.717) is 29.5 Å². The summed E-state index contributed by atoms with van der Waals surface area (Å²) in [7, 11) is -5.32. The molecule has 1 N–H and O–H groups in total. The second-order valence-electron chi connectivity index (χ2n) is 11.7. The van der Waals surface area contributed by atoms with Gasteiger partial charge in [0.15, 0.2) is 5.54 Å². The number of pyridine rings is 1. The number of piperazine rings is 1. The molecule has 54 heavy (non-hydrogen) atoms. The van der Waals surface area contributed by atoms with E-state index in [2.05, 4.69) is 9.88 Å². The number of hydrogen-bond donors (Lipinski definition) is 1. The quantitative estimate of drug-likeness (QED) is 0.224. The van der Waals surface area contributed by atoms with E-state index in [-0.39, 0.29) is 53.9 Å². The highest BCUT2D eigenvalue weighted by atomic mass is 32.2. The summed E-state index contributed by atoms with van der Waals surface area (Å²) in [4.78, 5) is 30.6. The molecule has 1 aromatic heterocycles. The number of carbonyl (C=O) groups excluding carboxylic acids is 1. The second-order valence-corrected chi connectivity index (χ2v) is 13.4. The molecule has 3 heterocycles. The van der Waals surface area contributed by atoms with Gasteiger partial charge in [-0.3, -0.25) is 14.7 Å². The number of aliphatic carboxylic acids is 1. The Kier molecular flexibility index (Phi) is 10.9. The minimum absolute atomic E-state index is 0.0864. The van der Waals surface area contributed by atoms with Crippen molar-refractivity contribution < 1.29 is 58.6 Å². The van der Waals surface area contributed by atoms with Crippen LogP contribution in [0.2, 0.25) is 0 Å². The average molecular weight is 780 g/mol. The topological polar surface area (TPSA) is 144 Å². The van der Waals surface area contributed by atoms with E-state index in [1.165, 1.54) is 18.2 Å². The van der Waals surface area contributed by atoms with Crippen molar-refractivity contribution in [3.05, 3.63) is 113 Å². The minimum atomic E-state index is -5.32. The van der Waals surface area contributed by atoms with Crippen LogP contribution in [0.25, 0.3) is 0 Å². The maximum Gasteiger partial charge on any atom is 0.490 e. The number of rotatable bonds is 7. The van der Waals surface area contributed by atoms with Gasteiger partial charge in [-0.25, -0.2) is 21.9 Å². The molecule has 0 aliphatic carbocycles. The van der Waals surface area contributed by atoms with Gasteiger partial charge in [0.05, 0.1) is 29.5 Å². The van der Waals surface area contributed by atoms with Gasteiger partial charge in [0, 0.05) is 55.4 Å². The maximum atomic E-state index is 15.1. The molecule has 284 valence electrons. The number of para-hydroxylation sites is 1. The fourth-order valence-corrected chi connectivity index (χ4v) is 8.03. The van der Waals surface area contributed by atoms with Crippen molar-refractivity contribution in [1.29, 1.82) is 5.26 Å². The van der Waals surface area contributed by atoms with E-state index in [4.69, 9.17) is 14.6 Å². The van der Waals surface area contributed by atoms with Crippen LogP contribution in [-0.2, 0) is 31.3 Å². The van der Waals surface area contributed by atoms with Crippen LogP contribution in [0.4, 0.5) is 42.1 Å². The highest BCUT2D eigenvalue weighted by molar-refractivity contribution is 7.93. The third-order valence-electron chi connectivity index (χ3n) is 8.59. The van der Waals surface area contributed by atoms with E-state index in [1.54, 1.807) is 48.5 Å². The lowest BCUT2D eigenvalue weighted by Gasteiger charge is -2.46. The standard InChI is InChI=1S/C33H27F4N5O4S.C2HF3O2/c1-2-46-29-6-4-3-5-25(29)32(41-17-15-40(16-18-41)24-11-13-39-14-12-24)26-19-22(21-38)7-9-28(26)42(31(32)43)47(44,45)30-10-8-23(34)20-27(30)33(35,36)37;3-2(4,5)1(6)7/h3-14,19-20H,2,15-18H2,1H3;(H,6,7). The lowest BCUT2D eigenvalue weighted by Crippen LogP contribution is -2.60. The van der Waals surface area contributed by atoms with Crippen LogP contribution in [0, 0.1) is 17.1 Å². The Hall–Kier alpha value is -5.74. The van der Waals surface area contributed by atoms with Crippen molar-refractivity contribution in [3.8, 4) is 11.8 Å². The van der Waals surface area contributed by atoms with Gasteiger partial charge in [-0.15, -0.1) is 0 Å². The van der Waals surface area contributed by atoms with Crippen molar-refractivity contribution in [1.82, 2.24) is 9.88 Å². The highest BCUT2D eigenvalue weighted by Gasteiger charge is 2.61. The fourth-order valence-electron chi connectivity index (χ4n) is 6.37. The number of ether oxygens (including phenoxy) is 1. The van der Waals surface area contributed by atoms with Crippen molar-refractivity contribution in [2.24, 2.45) is 0 Å². The highest BCUT2D eigenvalue weighted by Crippen LogP contribution is 2.53. The molecule has 2 aliphatic rings. The molecular formula is C35H28F7N5O6S. The van der Waals surface area contributed by atoms with Crippen LogP contribution in [0.3, 0.4) is 0 Å². The normalized spacial score (nSPS) is 17.6. The smallest absolute Gasteiger partial charge is 0.490 e. The van der Waals surface area contributed by atoms with Crippen LogP contribution < -0.4 is 13.9 Å². The molecule has 6 rings (SSSR count). The number of hydrogen-bond acceptors (Lipinski definition) is 9. The number of sulfonamides is 1. The maximum absolute atomic E-state index is 15.1. The molecule has 1 amide bonds. The Labute approximate surface area is 303 Å². The zero-order chi connectivity index (χ0) is 39.6. The summed E-state index contributed by atoms with van der Waals surface area (Å²) in [5.41, 5.74) is -2.59. The first kappa shape index (κ1) is 39.5. The Morgan fingerprint density at radius 3 is 2.15 bits per heavy atom. The van der Waals surface area contributed by atoms with Crippen molar-refractivity contribution in [2.75, 3.05) is 42.0 Å². The van der Waals surface area contributed by atoms with Crippen LogP contribution in [0.5, 0.6) is 5.75 Å². The zero-order valence-electron chi connectivity index (χ0n) is 27.9. The Morgan fingerprint density at radius 1 is 0.944 bits per heavy atom. The van der Waals surface area contributed by atoms with Gasteiger partial charge < -0.3 is 14.7 Å². The van der Waals surface area contributed by atoms with Crippen molar-refractivity contribution in [2.45, 2.75) is 29.7 Å². The predicted octanol–water partition coefficient (Wildman–Crippen LogP) is 5.94. The molecule has 1 fully saturated rings. The number of carboxylic acid groups (broad SMARTS) is 1. The Balaban J connectivity index is 0.000000730. The molecule has 4 aromatic rings. The molecule has 2 aliphatic heterocycles. The lowest BCUT2D eigenvalue weighted by molar-refractivity contribution is -0.192. The molecule has 11 nitrogen and oxygen atoms in total. The summed E-state index contributed by atoms with van der Waals surface area (Å²) in [6.07, 6.45) is -7.05. The predicted molar refractivity (Wildman–Crippen MR) is 177 cm³/mol. The van der Waals surface area contributed by atoms with Gasteiger partial charge in [0.2, 0.25) is 0 Å². The largest absolute Gasteiger partial charge is 0.493 e. The summed E-state index contributed by atoms with van der Waals surface area (Å²) >= 11 is 0. The van der Waals surface area contributed by atoms with Gasteiger partial charge in [0.25, 0.3) is 15.9 Å². The molecule has 0 radical (unpaired) electrons. The zero-order valence-corrected chi connectivity index (χ0v) is 28.7. The molecule has 1 saturated heterocycles. The summed E-state index contributed by atoms with van der Waals surface area (Å²) in [6, 6.07) is 17.3. The fraction of sp³-hybridized carbons (Fsp3) is 0.257. The number of carbonyl (C=O) groups is 2. The molecular weight excluding hydrogens is 751 g/mol. The first-order valence-corrected chi connectivity index (χ1v) is 17.3.